The number of nitrogens with zero attached hydrogens (tertiary/aromatic N) is 2. The van der Waals surface area contributed by atoms with E-state index in [1.807, 2.05) is 19.2 Å². The molecular formula is C16H17N3. The minimum absolute atomic E-state index is 0.515. The van der Waals surface area contributed by atoms with Crippen LogP contribution in [0.3, 0.4) is 0 Å². The third kappa shape index (κ3) is 1.92. The van der Waals surface area contributed by atoms with E-state index >= 15 is 0 Å². The van der Waals surface area contributed by atoms with E-state index in [0.29, 0.717) is 6.54 Å². The van der Waals surface area contributed by atoms with Gasteiger partial charge in [-0.25, -0.2) is 4.98 Å². The summed E-state index contributed by atoms with van der Waals surface area (Å²) in [5, 5.41) is 0. The number of hydrogen-bond acceptors (Lipinski definition) is 2. The maximum atomic E-state index is 5.79. The van der Waals surface area contributed by atoms with Crippen LogP contribution < -0.4 is 5.73 Å². The molecule has 0 spiro atoms. The highest BCUT2D eigenvalue weighted by molar-refractivity contribution is 5.83. The number of para-hydroxylation sites is 1. The zero-order valence-electron chi connectivity index (χ0n) is 11.2. The lowest BCUT2D eigenvalue weighted by Crippen LogP contribution is -1.97. The SMILES string of the molecule is Cc1cccc(-c2nc3c(CN)cccc3n2C)c1. The molecule has 0 fully saturated rings. The first-order valence-electron chi connectivity index (χ1n) is 6.42. The van der Waals surface area contributed by atoms with Crippen LogP contribution in [0.4, 0.5) is 0 Å². The van der Waals surface area contributed by atoms with Crippen LogP contribution in [0.2, 0.25) is 0 Å². The van der Waals surface area contributed by atoms with Crippen molar-refractivity contribution in [3.63, 3.8) is 0 Å². The summed E-state index contributed by atoms with van der Waals surface area (Å²) in [7, 11) is 2.05. The molecule has 0 saturated heterocycles. The standard InChI is InChI=1S/C16H17N3/c1-11-5-3-6-12(9-11)16-18-15-13(10-17)7-4-8-14(15)19(16)2/h3-9H,10,17H2,1-2H3. The fourth-order valence-electron chi connectivity index (χ4n) is 2.48. The highest BCUT2D eigenvalue weighted by atomic mass is 15.1. The summed E-state index contributed by atoms with van der Waals surface area (Å²) in [6, 6.07) is 14.6. The van der Waals surface area contributed by atoms with Gasteiger partial charge in [-0.1, -0.05) is 35.9 Å². The summed E-state index contributed by atoms with van der Waals surface area (Å²) < 4.78 is 2.13. The Bertz CT molecular complexity index is 741. The number of nitrogens with two attached hydrogens (primary N) is 1. The van der Waals surface area contributed by atoms with Crippen molar-refractivity contribution in [2.24, 2.45) is 12.8 Å². The number of fused-ring (bicyclic) bond motifs is 1. The van der Waals surface area contributed by atoms with E-state index in [4.69, 9.17) is 10.7 Å². The molecule has 0 aliphatic carbocycles. The molecule has 1 aromatic heterocycles. The monoisotopic (exact) mass is 251 g/mol. The first-order valence-corrected chi connectivity index (χ1v) is 6.42. The summed E-state index contributed by atoms with van der Waals surface area (Å²) in [5.41, 5.74) is 11.4. The topological polar surface area (TPSA) is 43.8 Å². The van der Waals surface area contributed by atoms with E-state index < -0.39 is 0 Å². The lowest BCUT2D eigenvalue weighted by molar-refractivity contribution is 0.959. The maximum absolute atomic E-state index is 5.79. The minimum atomic E-state index is 0.515. The molecule has 2 aromatic carbocycles. The van der Waals surface area contributed by atoms with Crippen molar-refractivity contribution in [2.45, 2.75) is 13.5 Å². The van der Waals surface area contributed by atoms with Crippen molar-refractivity contribution in [2.75, 3.05) is 0 Å². The molecule has 96 valence electrons. The first-order chi connectivity index (χ1) is 9.20. The van der Waals surface area contributed by atoms with Gasteiger partial charge in [-0.2, -0.15) is 0 Å². The second-order valence-corrected chi connectivity index (χ2v) is 4.85. The van der Waals surface area contributed by atoms with Gasteiger partial charge < -0.3 is 10.3 Å². The number of benzene rings is 2. The molecule has 3 aromatic rings. The van der Waals surface area contributed by atoms with E-state index in [1.54, 1.807) is 0 Å². The normalized spacial score (nSPS) is 11.1. The zero-order chi connectivity index (χ0) is 13.4. The van der Waals surface area contributed by atoms with E-state index in [0.717, 1.165) is 28.0 Å². The van der Waals surface area contributed by atoms with Gasteiger partial charge in [0.25, 0.3) is 0 Å². The third-order valence-electron chi connectivity index (χ3n) is 3.49. The smallest absolute Gasteiger partial charge is 0.140 e. The van der Waals surface area contributed by atoms with Gasteiger partial charge >= 0.3 is 0 Å². The van der Waals surface area contributed by atoms with Crippen LogP contribution >= 0.6 is 0 Å². The minimum Gasteiger partial charge on any atom is -0.327 e. The van der Waals surface area contributed by atoms with Gasteiger partial charge in [-0.15, -0.1) is 0 Å². The number of hydrogen-bond donors (Lipinski definition) is 1. The molecule has 0 radical (unpaired) electrons. The van der Waals surface area contributed by atoms with Gasteiger partial charge in [0.15, 0.2) is 0 Å². The summed E-state index contributed by atoms with van der Waals surface area (Å²) in [5.74, 6) is 0.986. The maximum Gasteiger partial charge on any atom is 0.140 e. The predicted octanol–water partition coefficient (Wildman–Crippen LogP) is 3.01. The van der Waals surface area contributed by atoms with Crippen LogP contribution in [0.15, 0.2) is 42.5 Å². The van der Waals surface area contributed by atoms with Crippen LogP contribution in [0, 0.1) is 6.92 Å². The molecule has 3 rings (SSSR count). The fourth-order valence-corrected chi connectivity index (χ4v) is 2.48. The average Bonchev–Trinajstić information content (AvgIpc) is 2.76. The van der Waals surface area contributed by atoms with Crippen LogP contribution in [-0.4, -0.2) is 9.55 Å². The molecule has 1 heterocycles. The fraction of sp³-hybridized carbons (Fsp3) is 0.188. The Hall–Kier alpha value is -2.13. The number of imidazole rings is 1. The lowest BCUT2D eigenvalue weighted by atomic mass is 10.1. The van der Waals surface area contributed by atoms with E-state index in [9.17, 15) is 0 Å². The van der Waals surface area contributed by atoms with E-state index in [1.165, 1.54) is 5.56 Å². The van der Waals surface area contributed by atoms with Crippen LogP contribution in [-0.2, 0) is 13.6 Å². The number of aromatic nitrogens is 2. The van der Waals surface area contributed by atoms with Gasteiger partial charge in [0.2, 0.25) is 0 Å². The molecule has 3 nitrogen and oxygen atoms in total. The number of rotatable bonds is 2. The summed E-state index contributed by atoms with van der Waals surface area (Å²) in [6.45, 7) is 2.61. The zero-order valence-corrected chi connectivity index (χ0v) is 11.2. The Kier molecular flexibility index (Phi) is 2.84. The third-order valence-corrected chi connectivity index (χ3v) is 3.49. The van der Waals surface area contributed by atoms with Crippen molar-refractivity contribution in [3.8, 4) is 11.4 Å². The van der Waals surface area contributed by atoms with Crippen molar-refractivity contribution in [1.29, 1.82) is 0 Å². The molecule has 0 aliphatic rings. The molecule has 0 bridgehead atoms. The predicted molar refractivity (Wildman–Crippen MR) is 78.8 cm³/mol. The molecule has 3 heteroatoms. The molecule has 19 heavy (non-hydrogen) atoms. The van der Waals surface area contributed by atoms with Gasteiger partial charge in [-0.3, -0.25) is 0 Å². The lowest BCUT2D eigenvalue weighted by Gasteiger charge is -2.03. The highest BCUT2D eigenvalue weighted by Crippen LogP contribution is 2.26. The first kappa shape index (κ1) is 11.9. The van der Waals surface area contributed by atoms with Gasteiger partial charge in [0.1, 0.15) is 5.82 Å². The average molecular weight is 251 g/mol. The van der Waals surface area contributed by atoms with Crippen molar-refractivity contribution < 1.29 is 0 Å². The highest BCUT2D eigenvalue weighted by Gasteiger charge is 2.11. The summed E-state index contributed by atoms with van der Waals surface area (Å²) in [6.07, 6.45) is 0. The van der Waals surface area contributed by atoms with E-state index in [2.05, 4.69) is 41.8 Å². The van der Waals surface area contributed by atoms with Crippen molar-refractivity contribution in [3.05, 3.63) is 53.6 Å². The van der Waals surface area contributed by atoms with E-state index in [-0.39, 0.29) is 0 Å². The van der Waals surface area contributed by atoms with Crippen molar-refractivity contribution in [1.82, 2.24) is 9.55 Å². The Balaban J connectivity index is 2.28. The largest absolute Gasteiger partial charge is 0.327 e. The molecular weight excluding hydrogens is 234 g/mol. The summed E-state index contributed by atoms with van der Waals surface area (Å²) in [4.78, 5) is 4.78. The Morgan fingerprint density at radius 1 is 1.16 bits per heavy atom. The molecule has 0 aliphatic heterocycles. The van der Waals surface area contributed by atoms with Gasteiger partial charge in [0.05, 0.1) is 11.0 Å². The molecule has 0 saturated carbocycles. The Labute approximate surface area is 112 Å². The van der Waals surface area contributed by atoms with Gasteiger partial charge in [0, 0.05) is 19.2 Å². The molecule has 0 unspecified atom stereocenters. The molecule has 2 N–H and O–H groups in total. The van der Waals surface area contributed by atoms with Crippen molar-refractivity contribution >= 4 is 11.0 Å². The second-order valence-electron chi connectivity index (χ2n) is 4.85. The Morgan fingerprint density at radius 2 is 1.95 bits per heavy atom. The molecule has 0 atom stereocenters. The summed E-state index contributed by atoms with van der Waals surface area (Å²) >= 11 is 0. The van der Waals surface area contributed by atoms with Crippen LogP contribution in [0.1, 0.15) is 11.1 Å². The van der Waals surface area contributed by atoms with Gasteiger partial charge in [-0.05, 0) is 24.6 Å². The second kappa shape index (κ2) is 4.52. The van der Waals surface area contributed by atoms with Crippen LogP contribution in [0.25, 0.3) is 22.4 Å². The Morgan fingerprint density at radius 3 is 2.68 bits per heavy atom. The molecule has 0 amide bonds. The van der Waals surface area contributed by atoms with Crippen LogP contribution in [0.5, 0.6) is 0 Å². The quantitative estimate of drug-likeness (QED) is 0.761. The number of aryl methyl sites for hydroxylation is 2.